The third-order valence-corrected chi connectivity index (χ3v) is 7.59. The van der Waals surface area contributed by atoms with Crippen LogP contribution >= 0.6 is 23.6 Å². The summed E-state index contributed by atoms with van der Waals surface area (Å²) >= 11 is 7.45. The first kappa shape index (κ1) is 24.1. The molecule has 1 aliphatic carbocycles. The second-order valence-corrected chi connectivity index (χ2v) is 10.1. The summed E-state index contributed by atoms with van der Waals surface area (Å²) in [6.45, 7) is 6.49. The zero-order valence-electron chi connectivity index (χ0n) is 19.1. The fraction of sp³-hybridized carbons (Fsp3) is 0.520. The molecule has 1 fully saturated rings. The maximum absolute atomic E-state index is 12.7. The van der Waals surface area contributed by atoms with Crippen LogP contribution in [0.2, 0.25) is 0 Å². The molecule has 0 unspecified atom stereocenters. The van der Waals surface area contributed by atoms with Crippen LogP contribution in [0.1, 0.15) is 41.3 Å². The first-order chi connectivity index (χ1) is 16.2. The largest absolute Gasteiger partial charge is 0.379 e. The number of ether oxygens (including phenoxy) is 1. The van der Waals surface area contributed by atoms with Crippen molar-refractivity contribution in [3.05, 3.63) is 57.8 Å². The molecule has 2 heterocycles. The number of nitrogens with zero attached hydrogens (tertiary/aromatic N) is 2. The first-order valence-corrected chi connectivity index (χ1v) is 13.2. The van der Waals surface area contributed by atoms with Crippen molar-refractivity contribution in [3.63, 3.8) is 0 Å². The van der Waals surface area contributed by atoms with E-state index in [0.717, 1.165) is 71.6 Å². The smallest absolute Gasteiger partial charge is 0.239 e. The molecule has 1 aromatic heterocycles. The summed E-state index contributed by atoms with van der Waals surface area (Å²) in [6.07, 6.45) is 4.20. The lowest BCUT2D eigenvalue weighted by Crippen LogP contribution is -2.45. The van der Waals surface area contributed by atoms with Crippen LogP contribution in [0.25, 0.3) is 0 Å². The molecule has 4 rings (SSSR count). The van der Waals surface area contributed by atoms with E-state index in [1.807, 2.05) is 0 Å². The van der Waals surface area contributed by atoms with Crippen LogP contribution in [-0.2, 0) is 22.5 Å². The highest BCUT2D eigenvalue weighted by molar-refractivity contribution is 7.80. The van der Waals surface area contributed by atoms with Gasteiger partial charge >= 0.3 is 0 Å². The summed E-state index contributed by atoms with van der Waals surface area (Å²) in [5, 5.41) is 9.15. The van der Waals surface area contributed by atoms with Crippen molar-refractivity contribution >= 4 is 34.6 Å². The monoisotopic (exact) mass is 486 g/mol. The quantitative estimate of drug-likeness (QED) is 0.531. The number of amides is 1. The Morgan fingerprint density at radius 1 is 1.21 bits per heavy atom. The molecular weight excluding hydrogens is 452 g/mol. The van der Waals surface area contributed by atoms with Gasteiger partial charge in [-0.1, -0.05) is 30.3 Å². The van der Waals surface area contributed by atoms with Gasteiger partial charge in [0.25, 0.3) is 0 Å². The van der Waals surface area contributed by atoms with E-state index in [-0.39, 0.29) is 18.5 Å². The number of thiocarbonyl (C=S) groups is 1. The van der Waals surface area contributed by atoms with E-state index in [4.69, 9.17) is 17.0 Å². The van der Waals surface area contributed by atoms with Gasteiger partial charge in [0, 0.05) is 31.1 Å². The number of rotatable bonds is 9. The van der Waals surface area contributed by atoms with E-state index in [0.29, 0.717) is 5.11 Å². The number of fused-ring (bicyclic) bond motifs is 1. The summed E-state index contributed by atoms with van der Waals surface area (Å²) in [5.41, 5.74) is 2.60. The highest BCUT2D eigenvalue weighted by Gasteiger charge is 2.21. The molecule has 2 aromatic rings. The van der Waals surface area contributed by atoms with Crippen LogP contribution in [0.3, 0.4) is 0 Å². The molecule has 6 nitrogen and oxygen atoms in total. The highest BCUT2D eigenvalue weighted by atomic mass is 32.1. The van der Waals surface area contributed by atoms with Crippen LogP contribution in [-0.4, -0.2) is 66.8 Å². The molecule has 1 amide bonds. The van der Waals surface area contributed by atoms with Gasteiger partial charge in [0.15, 0.2) is 5.11 Å². The molecule has 1 saturated heterocycles. The van der Waals surface area contributed by atoms with Gasteiger partial charge in [-0.3, -0.25) is 9.69 Å². The summed E-state index contributed by atoms with van der Waals surface area (Å²) < 4.78 is 5.44. The van der Waals surface area contributed by atoms with E-state index >= 15 is 0 Å². The van der Waals surface area contributed by atoms with Gasteiger partial charge in [-0.05, 0) is 60.5 Å². The molecular formula is C25H34N4O2S2. The predicted octanol–water partition coefficient (Wildman–Crippen LogP) is 3.34. The van der Waals surface area contributed by atoms with E-state index in [1.54, 1.807) is 11.3 Å². The number of carbonyl (C=O) groups excluding carboxylic acids is 1. The van der Waals surface area contributed by atoms with Gasteiger partial charge in [-0.15, -0.1) is 11.3 Å². The summed E-state index contributed by atoms with van der Waals surface area (Å²) in [7, 11) is 0. The number of carbonyl (C=O) groups is 1. The minimum atomic E-state index is -0.0107. The minimum absolute atomic E-state index is 0.0107. The van der Waals surface area contributed by atoms with Crippen molar-refractivity contribution in [2.45, 2.75) is 38.3 Å². The number of benzene rings is 1. The fourth-order valence-electron chi connectivity index (χ4n) is 4.57. The molecule has 33 heavy (non-hydrogen) atoms. The second kappa shape index (κ2) is 12.5. The molecule has 0 bridgehead atoms. The number of hydrogen-bond donors (Lipinski definition) is 2. The van der Waals surface area contributed by atoms with Gasteiger partial charge in [-0.25, -0.2) is 0 Å². The van der Waals surface area contributed by atoms with E-state index in [9.17, 15) is 4.79 Å². The number of hydrogen-bond acceptors (Lipinski definition) is 5. The van der Waals surface area contributed by atoms with Crippen molar-refractivity contribution in [2.24, 2.45) is 0 Å². The van der Waals surface area contributed by atoms with Gasteiger partial charge in [0.2, 0.25) is 5.91 Å². The Morgan fingerprint density at radius 2 is 2.06 bits per heavy atom. The standard InChI is InChI=1S/C25H34N4O2S2/c30-24(27-23-10-3-7-20-6-1-2-9-22(20)23)18-26-25(32)29(19-21-8-4-17-33-21)12-5-11-28-13-15-31-16-14-28/h1-2,4,6,8-9,17,23H,3,5,7,10-16,18-19H2,(H,26,32)(H,27,30)/t23-/m0/s1. The lowest BCUT2D eigenvalue weighted by molar-refractivity contribution is -0.120. The number of nitrogens with one attached hydrogen (secondary N) is 2. The molecule has 0 spiro atoms. The normalized spacial score (nSPS) is 18.4. The van der Waals surface area contributed by atoms with Crippen LogP contribution < -0.4 is 10.6 Å². The van der Waals surface area contributed by atoms with Gasteiger partial charge in [0.1, 0.15) is 0 Å². The SMILES string of the molecule is O=C(CNC(=S)N(CCCN1CCOCC1)Cc1cccs1)N[C@H]1CCCc2ccccc21. The Bertz CT molecular complexity index is 900. The zero-order valence-corrected chi connectivity index (χ0v) is 20.8. The highest BCUT2D eigenvalue weighted by Crippen LogP contribution is 2.29. The van der Waals surface area contributed by atoms with Crippen molar-refractivity contribution in [2.75, 3.05) is 45.9 Å². The molecule has 178 valence electrons. The van der Waals surface area contributed by atoms with Crippen molar-refractivity contribution in [3.8, 4) is 0 Å². The van der Waals surface area contributed by atoms with Crippen molar-refractivity contribution < 1.29 is 9.53 Å². The van der Waals surface area contributed by atoms with Gasteiger partial charge in [-0.2, -0.15) is 0 Å². The summed E-state index contributed by atoms with van der Waals surface area (Å²) in [5.74, 6) is -0.0107. The second-order valence-electron chi connectivity index (χ2n) is 8.68. The number of morpholine rings is 1. The summed E-state index contributed by atoms with van der Waals surface area (Å²) in [4.78, 5) is 18.6. The van der Waals surface area contributed by atoms with E-state index in [1.165, 1.54) is 16.0 Å². The van der Waals surface area contributed by atoms with E-state index in [2.05, 4.69) is 62.2 Å². The fourth-order valence-corrected chi connectivity index (χ4v) is 5.52. The van der Waals surface area contributed by atoms with Gasteiger partial charge < -0.3 is 20.3 Å². The lowest BCUT2D eigenvalue weighted by atomic mass is 9.88. The molecule has 2 N–H and O–H groups in total. The predicted molar refractivity (Wildman–Crippen MR) is 137 cm³/mol. The summed E-state index contributed by atoms with van der Waals surface area (Å²) in [6, 6.07) is 12.7. The van der Waals surface area contributed by atoms with E-state index < -0.39 is 0 Å². The minimum Gasteiger partial charge on any atom is -0.379 e. The Kier molecular flexibility index (Phi) is 9.11. The molecule has 0 saturated carbocycles. The zero-order chi connectivity index (χ0) is 22.9. The van der Waals surface area contributed by atoms with Gasteiger partial charge in [0.05, 0.1) is 32.3 Å². The van der Waals surface area contributed by atoms with Crippen LogP contribution in [0.5, 0.6) is 0 Å². The topological polar surface area (TPSA) is 56.8 Å². The van der Waals surface area contributed by atoms with Crippen LogP contribution in [0, 0.1) is 0 Å². The number of thiophene rings is 1. The van der Waals surface area contributed by atoms with Crippen LogP contribution in [0.15, 0.2) is 41.8 Å². The average molecular weight is 487 g/mol. The maximum atomic E-state index is 12.7. The third kappa shape index (κ3) is 7.24. The molecule has 2 aliphatic rings. The number of aryl methyl sites for hydroxylation is 1. The third-order valence-electron chi connectivity index (χ3n) is 6.32. The lowest BCUT2D eigenvalue weighted by Gasteiger charge is -2.29. The Morgan fingerprint density at radius 3 is 2.88 bits per heavy atom. The molecule has 1 atom stereocenters. The molecule has 1 aromatic carbocycles. The first-order valence-electron chi connectivity index (χ1n) is 11.9. The maximum Gasteiger partial charge on any atom is 0.239 e. The molecule has 0 radical (unpaired) electrons. The van der Waals surface area contributed by atoms with Crippen molar-refractivity contribution in [1.29, 1.82) is 0 Å². The average Bonchev–Trinajstić information content (AvgIpc) is 3.36. The van der Waals surface area contributed by atoms with Crippen LogP contribution in [0.4, 0.5) is 0 Å². The van der Waals surface area contributed by atoms with Crippen molar-refractivity contribution in [1.82, 2.24) is 20.4 Å². The Hall–Kier alpha value is -2.00. The molecule has 1 aliphatic heterocycles. The Labute approximate surface area is 206 Å². The molecule has 8 heteroatoms. The Balaban J connectivity index is 1.27.